The van der Waals surface area contributed by atoms with E-state index in [1.165, 1.54) is 7.11 Å². The summed E-state index contributed by atoms with van der Waals surface area (Å²) in [4.78, 5) is 68.8. The van der Waals surface area contributed by atoms with Crippen LogP contribution in [-0.4, -0.2) is 72.8 Å². The van der Waals surface area contributed by atoms with Gasteiger partial charge in [-0.05, 0) is 24.3 Å². The molecule has 1 aromatic rings. The number of benzene rings is 1. The average Bonchev–Trinajstić information content (AvgIpc) is 2.84. The van der Waals surface area contributed by atoms with Gasteiger partial charge in [0, 0.05) is 13.3 Å². The minimum atomic E-state index is -1.15. The molecule has 0 radical (unpaired) electrons. The number of aryl methyl sites for hydroxylation is 1. The topological polar surface area (TPSA) is 194 Å². The molecule has 12 heteroatoms. The molecule has 0 aliphatic heterocycles. The van der Waals surface area contributed by atoms with E-state index < -0.39 is 48.3 Å². The third kappa shape index (κ3) is 16.5. The monoisotopic (exact) mass is 522 g/mol. The Morgan fingerprint density at radius 3 is 2.08 bits per heavy atom. The molecule has 0 bridgehead atoms. The molecule has 12 nitrogen and oxygen atoms in total. The summed E-state index contributed by atoms with van der Waals surface area (Å²) in [5.74, 6) is -3.60. The fraction of sp³-hybridized carbons (Fsp3) is 0.520. The molecule has 0 spiro atoms. The molecule has 0 fully saturated rings. The number of ketones is 1. The van der Waals surface area contributed by atoms with Crippen LogP contribution in [0.3, 0.4) is 0 Å². The second-order valence-corrected chi connectivity index (χ2v) is 8.51. The van der Waals surface area contributed by atoms with Gasteiger partial charge in [-0.1, -0.05) is 44.2 Å². The highest BCUT2D eigenvalue weighted by Gasteiger charge is 2.25. The largest absolute Gasteiger partial charge is 0.481 e. The normalized spacial score (nSPS) is 11.7. The lowest BCUT2D eigenvalue weighted by molar-refractivity contribution is -0.142. The van der Waals surface area contributed by atoms with Gasteiger partial charge in [0.15, 0.2) is 5.78 Å². The Morgan fingerprint density at radius 2 is 1.54 bits per heavy atom. The molecule has 2 atom stereocenters. The molecule has 1 aromatic carbocycles. The summed E-state index contributed by atoms with van der Waals surface area (Å²) in [6.45, 7) is 4.04. The maximum Gasteiger partial charge on any atom is 0.307 e. The molecule has 0 aliphatic rings. The third-order valence-corrected chi connectivity index (χ3v) is 4.86. The summed E-state index contributed by atoms with van der Waals surface area (Å²) in [7, 11) is 1.18. The first kappa shape index (κ1) is 33.2. The fourth-order valence-electron chi connectivity index (χ4n) is 2.93. The van der Waals surface area contributed by atoms with E-state index in [0.29, 0.717) is 12.8 Å². The summed E-state index contributed by atoms with van der Waals surface area (Å²) in [5.41, 5.74) is 6.72. The zero-order valence-electron chi connectivity index (χ0n) is 21.7. The van der Waals surface area contributed by atoms with Crippen LogP contribution in [-0.2, 0) is 39.9 Å². The van der Waals surface area contributed by atoms with Crippen molar-refractivity contribution in [3.63, 3.8) is 0 Å². The van der Waals surface area contributed by atoms with Crippen molar-refractivity contribution < 1.29 is 38.6 Å². The molecule has 6 N–H and O–H groups in total. The molecule has 1 rings (SSSR count). The first-order chi connectivity index (χ1) is 17.4. The summed E-state index contributed by atoms with van der Waals surface area (Å²) in [6.07, 6.45) is 1.48. The number of amides is 3. The third-order valence-electron chi connectivity index (χ3n) is 4.86. The first-order valence-corrected chi connectivity index (χ1v) is 11.8. The van der Waals surface area contributed by atoms with Crippen molar-refractivity contribution in [2.45, 2.75) is 58.5 Å². The van der Waals surface area contributed by atoms with E-state index in [9.17, 15) is 24.0 Å². The van der Waals surface area contributed by atoms with E-state index in [2.05, 4.69) is 20.7 Å². The zero-order valence-corrected chi connectivity index (χ0v) is 21.7. The van der Waals surface area contributed by atoms with Crippen molar-refractivity contribution >= 4 is 35.4 Å². The lowest BCUT2D eigenvalue weighted by atomic mass is 10.0. The van der Waals surface area contributed by atoms with Crippen LogP contribution >= 0.6 is 0 Å². The fourth-order valence-corrected chi connectivity index (χ4v) is 2.93. The van der Waals surface area contributed by atoms with Gasteiger partial charge in [0.25, 0.3) is 5.97 Å². The van der Waals surface area contributed by atoms with Gasteiger partial charge in [-0.15, -0.1) is 0 Å². The number of carbonyl (C=O) groups is 6. The second-order valence-electron chi connectivity index (χ2n) is 8.51. The highest BCUT2D eigenvalue weighted by atomic mass is 16.5. The molecular formula is C25H38N4O8. The van der Waals surface area contributed by atoms with E-state index in [0.717, 1.165) is 18.9 Å². The van der Waals surface area contributed by atoms with E-state index in [4.69, 9.17) is 15.6 Å². The molecule has 1 unspecified atom stereocenters. The predicted molar refractivity (Wildman–Crippen MR) is 135 cm³/mol. The maximum atomic E-state index is 12.5. The number of hydrogen-bond acceptors (Lipinski definition) is 8. The number of methoxy groups -OCH3 is 1. The number of rotatable bonds is 14. The number of aliphatic carboxylic acids is 1. The number of Topliss-reactive ketones (excluding diaryl/α,β-unsaturated/α-hetero) is 1. The molecule has 37 heavy (non-hydrogen) atoms. The Bertz CT molecular complexity index is 901. The summed E-state index contributed by atoms with van der Waals surface area (Å²) in [5, 5.41) is 14.8. The highest BCUT2D eigenvalue weighted by molar-refractivity contribution is 5.93. The minimum Gasteiger partial charge on any atom is -0.481 e. The SMILES string of the molecule is CC(=O)O.COC(=O)C[C@H](N)C(=O)NCC(=O)NC(C(=O)NCC(=O)CCCc1ccccc1)C(C)C. The van der Waals surface area contributed by atoms with Crippen LogP contribution < -0.4 is 21.7 Å². The van der Waals surface area contributed by atoms with Gasteiger partial charge in [-0.2, -0.15) is 0 Å². The van der Waals surface area contributed by atoms with E-state index in [-0.39, 0.29) is 24.7 Å². The quantitative estimate of drug-likeness (QED) is 0.208. The number of carboxylic acids is 1. The number of esters is 1. The predicted octanol–water partition coefficient (Wildman–Crippen LogP) is -0.0671. The number of carboxylic acid groups (broad SMARTS) is 1. The second kappa shape index (κ2) is 18.5. The number of hydrogen-bond donors (Lipinski definition) is 5. The van der Waals surface area contributed by atoms with E-state index >= 15 is 0 Å². The van der Waals surface area contributed by atoms with Gasteiger partial charge in [0.1, 0.15) is 6.04 Å². The molecule has 0 heterocycles. The standard InChI is InChI=1S/C23H34N4O6.C2H4O2/c1-15(2)21(27-19(29)14-26-22(31)18(24)12-20(30)33-3)23(32)25-13-17(28)11-7-10-16-8-5-4-6-9-16;1-2(3)4/h4-6,8-9,15,18,21H,7,10-14,24H2,1-3H3,(H,25,32)(H,26,31)(H,27,29);1H3,(H,3,4)/t18-,21?;/m0./s1. The maximum absolute atomic E-state index is 12.5. The Labute approximate surface area is 216 Å². The Kier molecular flexibility index (Phi) is 16.6. The summed E-state index contributed by atoms with van der Waals surface area (Å²) < 4.78 is 4.44. The van der Waals surface area contributed by atoms with Crippen molar-refractivity contribution in [3.8, 4) is 0 Å². The van der Waals surface area contributed by atoms with Crippen molar-refractivity contribution in [2.75, 3.05) is 20.2 Å². The molecule has 0 aliphatic carbocycles. The van der Waals surface area contributed by atoms with Crippen LogP contribution in [0.15, 0.2) is 30.3 Å². The van der Waals surface area contributed by atoms with Gasteiger partial charge in [-0.3, -0.25) is 28.8 Å². The van der Waals surface area contributed by atoms with Crippen LogP contribution in [0.25, 0.3) is 0 Å². The van der Waals surface area contributed by atoms with Gasteiger partial charge < -0.3 is 31.5 Å². The lowest BCUT2D eigenvalue weighted by Gasteiger charge is -2.22. The molecule has 0 saturated carbocycles. The first-order valence-electron chi connectivity index (χ1n) is 11.8. The van der Waals surface area contributed by atoms with Crippen molar-refractivity contribution in [1.82, 2.24) is 16.0 Å². The molecule has 0 saturated heterocycles. The lowest BCUT2D eigenvalue weighted by Crippen LogP contribution is -2.53. The number of nitrogens with one attached hydrogen (secondary N) is 3. The number of nitrogens with two attached hydrogens (primary N) is 1. The van der Waals surface area contributed by atoms with Gasteiger partial charge in [0.2, 0.25) is 17.7 Å². The number of ether oxygens (including phenoxy) is 1. The van der Waals surface area contributed by atoms with Crippen LogP contribution in [0.4, 0.5) is 0 Å². The van der Waals surface area contributed by atoms with Crippen molar-refractivity contribution in [1.29, 1.82) is 0 Å². The highest BCUT2D eigenvalue weighted by Crippen LogP contribution is 2.05. The molecule has 3 amide bonds. The van der Waals surface area contributed by atoms with Crippen molar-refractivity contribution in [2.24, 2.45) is 11.7 Å². The van der Waals surface area contributed by atoms with Gasteiger partial charge in [-0.25, -0.2) is 0 Å². The summed E-state index contributed by atoms with van der Waals surface area (Å²) >= 11 is 0. The van der Waals surface area contributed by atoms with Gasteiger partial charge in [0.05, 0.1) is 32.7 Å². The van der Waals surface area contributed by atoms with E-state index in [1.54, 1.807) is 13.8 Å². The van der Waals surface area contributed by atoms with Crippen LogP contribution in [0.1, 0.15) is 45.6 Å². The zero-order chi connectivity index (χ0) is 28.4. The Hall–Kier alpha value is -3.80. The summed E-state index contributed by atoms with van der Waals surface area (Å²) in [6, 6.07) is 7.79. The number of carbonyl (C=O) groups excluding carboxylic acids is 5. The van der Waals surface area contributed by atoms with Crippen molar-refractivity contribution in [3.05, 3.63) is 35.9 Å². The molecular weight excluding hydrogens is 484 g/mol. The van der Waals surface area contributed by atoms with Crippen LogP contribution in [0.5, 0.6) is 0 Å². The molecule has 206 valence electrons. The smallest absolute Gasteiger partial charge is 0.307 e. The van der Waals surface area contributed by atoms with Gasteiger partial charge >= 0.3 is 5.97 Å². The van der Waals surface area contributed by atoms with E-state index in [1.807, 2.05) is 30.3 Å². The Morgan fingerprint density at radius 1 is 0.973 bits per heavy atom. The van der Waals surface area contributed by atoms with Crippen LogP contribution in [0, 0.1) is 5.92 Å². The molecule has 0 aromatic heterocycles. The Balaban J connectivity index is 0.00000300. The minimum absolute atomic E-state index is 0.0972. The average molecular weight is 523 g/mol. The van der Waals surface area contributed by atoms with Crippen LogP contribution in [0.2, 0.25) is 0 Å².